The highest BCUT2D eigenvalue weighted by molar-refractivity contribution is 5.40. The molecule has 0 aliphatic carbocycles. The maximum Gasteiger partial charge on any atom is 0.347 e. The summed E-state index contributed by atoms with van der Waals surface area (Å²) in [4.78, 5) is 11.9. The summed E-state index contributed by atoms with van der Waals surface area (Å²) in [5.74, 6) is 1.22. The standard InChI is InChI=1S/C13H18N4O2/c1-3-5-11(14)12-15-16-13(18)17(12)9-6-4-7-10(8-9)19-2/h4,6-8,11H,3,5,14H2,1-2H3,(H,16,18). The van der Waals surface area contributed by atoms with Gasteiger partial charge in [0.1, 0.15) is 5.75 Å². The van der Waals surface area contributed by atoms with Crippen molar-refractivity contribution < 1.29 is 4.74 Å². The molecule has 1 unspecified atom stereocenters. The van der Waals surface area contributed by atoms with Gasteiger partial charge >= 0.3 is 5.69 Å². The van der Waals surface area contributed by atoms with E-state index in [9.17, 15) is 4.79 Å². The third kappa shape index (κ3) is 2.68. The zero-order valence-electron chi connectivity index (χ0n) is 11.1. The number of nitrogens with zero attached hydrogens (tertiary/aromatic N) is 2. The van der Waals surface area contributed by atoms with E-state index < -0.39 is 0 Å². The van der Waals surface area contributed by atoms with Gasteiger partial charge in [0.2, 0.25) is 0 Å². The summed E-state index contributed by atoms with van der Waals surface area (Å²) in [7, 11) is 1.58. The van der Waals surface area contributed by atoms with Gasteiger partial charge in [-0.25, -0.2) is 14.5 Å². The molecule has 6 nitrogen and oxygen atoms in total. The second kappa shape index (κ2) is 5.71. The lowest BCUT2D eigenvalue weighted by Crippen LogP contribution is -2.21. The molecule has 19 heavy (non-hydrogen) atoms. The minimum atomic E-state index is -0.296. The number of nitrogens with one attached hydrogen (secondary N) is 1. The quantitative estimate of drug-likeness (QED) is 0.852. The van der Waals surface area contributed by atoms with E-state index in [1.54, 1.807) is 13.2 Å². The number of methoxy groups -OCH3 is 1. The smallest absolute Gasteiger partial charge is 0.347 e. The molecule has 0 saturated heterocycles. The van der Waals surface area contributed by atoms with Crippen LogP contribution in [0.4, 0.5) is 0 Å². The molecule has 3 N–H and O–H groups in total. The first kappa shape index (κ1) is 13.4. The molecule has 1 atom stereocenters. The second-order valence-electron chi connectivity index (χ2n) is 4.32. The number of hydrogen-bond acceptors (Lipinski definition) is 4. The Hall–Kier alpha value is -2.08. The van der Waals surface area contributed by atoms with E-state index in [1.165, 1.54) is 4.57 Å². The van der Waals surface area contributed by atoms with Crippen LogP contribution in [0.25, 0.3) is 5.69 Å². The molecule has 2 aromatic rings. The average molecular weight is 262 g/mol. The Labute approximate surface area is 111 Å². The van der Waals surface area contributed by atoms with Gasteiger partial charge in [-0.3, -0.25) is 0 Å². The lowest BCUT2D eigenvalue weighted by molar-refractivity contribution is 0.414. The fourth-order valence-corrected chi connectivity index (χ4v) is 2.00. The summed E-state index contributed by atoms with van der Waals surface area (Å²) in [6.07, 6.45) is 1.70. The molecular weight excluding hydrogens is 244 g/mol. The van der Waals surface area contributed by atoms with Gasteiger partial charge in [-0.1, -0.05) is 19.4 Å². The summed E-state index contributed by atoms with van der Waals surface area (Å²) >= 11 is 0. The van der Waals surface area contributed by atoms with E-state index in [0.29, 0.717) is 17.3 Å². The van der Waals surface area contributed by atoms with Crippen molar-refractivity contribution in [2.24, 2.45) is 5.73 Å². The fourth-order valence-electron chi connectivity index (χ4n) is 2.00. The molecule has 1 aromatic carbocycles. The number of nitrogens with two attached hydrogens (primary N) is 1. The number of hydrogen-bond donors (Lipinski definition) is 2. The SMILES string of the molecule is CCCC(N)c1n[nH]c(=O)n1-c1cccc(OC)c1. The molecule has 2 rings (SSSR count). The Morgan fingerprint density at radius 2 is 2.32 bits per heavy atom. The first-order valence-electron chi connectivity index (χ1n) is 6.24. The van der Waals surface area contributed by atoms with Crippen LogP contribution in [0.5, 0.6) is 5.75 Å². The van der Waals surface area contributed by atoms with Crippen molar-refractivity contribution in [3.05, 3.63) is 40.6 Å². The molecule has 0 spiro atoms. The lowest BCUT2D eigenvalue weighted by Gasteiger charge is -2.12. The molecule has 1 heterocycles. The van der Waals surface area contributed by atoms with Crippen molar-refractivity contribution in [2.75, 3.05) is 7.11 Å². The van der Waals surface area contributed by atoms with Gasteiger partial charge in [-0.05, 0) is 18.6 Å². The molecule has 6 heteroatoms. The highest BCUT2D eigenvalue weighted by Gasteiger charge is 2.16. The molecule has 0 amide bonds. The van der Waals surface area contributed by atoms with Gasteiger partial charge < -0.3 is 10.5 Å². The summed E-state index contributed by atoms with van der Waals surface area (Å²) < 4.78 is 6.65. The van der Waals surface area contributed by atoms with Crippen molar-refractivity contribution in [3.8, 4) is 11.4 Å². The third-order valence-corrected chi connectivity index (χ3v) is 2.94. The highest BCUT2D eigenvalue weighted by Crippen LogP contribution is 2.19. The van der Waals surface area contributed by atoms with Gasteiger partial charge in [0.05, 0.1) is 18.8 Å². The first-order valence-corrected chi connectivity index (χ1v) is 6.24. The maximum absolute atomic E-state index is 11.9. The van der Waals surface area contributed by atoms with Gasteiger partial charge in [-0.2, -0.15) is 5.10 Å². The largest absolute Gasteiger partial charge is 0.497 e. The number of H-pyrrole nitrogens is 1. The molecule has 1 aromatic heterocycles. The molecule has 102 valence electrons. The van der Waals surface area contributed by atoms with E-state index in [2.05, 4.69) is 10.2 Å². The van der Waals surface area contributed by atoms with Crippen LogP contribution in [-0.4, -0.2) is 21.9 Å². The molecule has 0 bridgehead atoms. The Balaban J connectivity index is 2.49. The van der Waals surface area contributed by atoms with E-state index >= 15 is 0 Å². The normalized spacial score (nSPS) is 12.4. The summed E-state index contributed by atoms with van der Waals surface area (Å²) in [6, 6.07) is 6.97. The Kier molecular flexibility index (Phi) is 4.01. The maximum atomic E-state index is 11.9. The van der Waals surface area contributed by atoms with Crippen LogP contribution in [0.2, 0.25) is 0 Å². The Morgan fingerprint density at radius 1 is 1.53 bits per heavy atom. The summed E-state index contributed by atoms with van der Waals surface area (Å²) in [6.45, 7) is 2.04. The van der Waals surface area contributed by atoms with Gasteiger partial charge in [0.25, 0.3) is 0 Å². The summed E-state index contributed by atoms with van der Waals surface area (Å²) in [5.41, 5.74) is 6.45. The number of aromatic amines is 1. The minimum absolute atomic E-state index is 0.268. The number of ether oxygens (including phenoxy) is 1. The van der Waals surface area contributed by atoms with Crippen LogP contribution in [0, 0.1) is 0 Å². The molecule has 0 radical (unpaired) electrons. The lowest BCUT2D eigenvalue weighted by atomic mass is 10.1. The zero-order valence-corrected chi connectivity index (χ0v) is 11.1. The summed E-state index contributed by atoms with van der Waals surface area (Å²) in [5, 5.41) is 6.47. The van der Waals surface area contributed by atoms with E-state index in [1.807, 2.05) is 25.1 Å². The minimum Gasteiger partial charge on any atom is -0.497 e. The van der Waals surface area contributed by atoms with E-state index in [-0.39, 0.29) is 11.7 Å². The number of rotatable bonds is 5. The molecule has 0 saturated carbocycles. The molecule has 0 aliphatic heterocycles. The van der Waals surface area contributed by atoms with Crippen LogP contribution in [-0.2, 0) is 0 Å². The molecular formula is C13H18N4O2. The number of benzene rings is 1. The highest BCUT2D eigenvalue weighted by atomic mass is 16.5. The predicted octanol–water partition coefficient (Wildman–Crippen LogP) is 1.37. The number of aromatic nitrogens is 3. The monoisotopic (exact) mass is 262 g/mol. The second-order valence-corrected chi connectivity index (χ2v) is 4.32. The predicted molar refractivity (Wildman–Crippen MR) is 72.6 cm³/mol. The molecule has 0 fully saturated rings. The average Bonchev–Trinajstić information content (AvgIpc) is 2.81. The third-order valence-electron chi connectivity index (χ3n) is 2.94. The fraction of sp³-hybridized carbons (Fsp3) is 0.385. The Bertz CT molecular complexity index is 603. The van der Waals surface area contributed by atoms with Crippen molar-refractivity contribution in [3.63, 3.8) is 0 Å². The van der Waals surface area contributed by atoms with Crippen molar-refractivity contribution in [2.45, 2.75) is 25.8 Å². The van der Waals surface area contributed by atoms with Crippen molar-refractivity contribution in [1.82, 2.24) is 14.8 Å². The van der Waals surface area contributed by atoms with Crippen LogP contribution in [0.3, 0.4) is 0 Å². The van der Waals surface area contributed by atoms with E-state index in [0.717, 1.165) is 12.8 Å². The van der Waals surface area contributed by atoms with Gasteiger partial charge in [0, 0.05) is 6.07 Å². The zero-order chi connectivity index (χ0) is 13.8. The van der Waals surface area contributed by atoms with Crippen LogP contribution in [0.15, 0.2) is 29.1 Å². The van der Waals surface area contributed by atoms with Crippen molar-refractivity contribution in [1.29, 1.82) is 0 Å². The van der Waals surface area contributed by atoms with Gasteiger partial charge in [-0.15, -0.1) is 0 Å². The first-order chi connectivity index (χ1) is 9.17. The van der Waals surface area contributed by atoms with Crippen LogP contribution >= 0.6 is 0 Å². The molecule has 0 aliphatic rings. The van der Waals surface area contributed by atoms with E-state index in [4.69, 9.17) is 10.5 Å². The topological polar surface area (TPSA) is 85.9 Å². The van der Waals surface area contributed by atoms with Gasteiger partial charge in [0.15, 0.2) is 5.82 Å². The Morgan fingerprint density at radius 3 is 3.00 bits per heavy atom. The van der Waals surface area contributed by atoms with Crippen LogP contribution < -0.4 is 16.2 Å². The van der Waals surface area contributed by atoms with Crippen molar-refractivity contribution >= 4 is 0 Å². The van der Waals surface area contributed by atoms with Crippen LogP contribution in [0.1, 0.15) is 31.6 Å².